The Bertz CT molecular complexity index is 606. The molecule has 0 fully saturated rings. The van der Waals surface area contributed by atoms with Gasteiger partial charge in [0.05, 0.1) is 12.0 Å². The second-order valence-corrected chi connectivity index (χ2v) is 7.62. The summed E-state index contributed by atoms with van der Waals surface area (Å²) in [7, 11) is -2.05. The van der Waals surface area contributed by atoms with Crippen LogP contribution in [0.25, 0.3) is 0 Å². The Balaban J connectivity index is 2.35. The molecule has 0 aliphatic rings. The zero-order valence-electron chi connectivity index (χ0n) is 13.9. The van der Waals surface area contributed by atoms with E-state index in [2.05, 4.69) is 10.0 Å². The molecule has 1 aromatic rings. The van der Waals surface area contributed by atoms with E-state index < -0.39 is 21.7 Å². The van der Waals surface area contributed by atoms with Crippen molar-refractivity contribution in [1.82, 2.24) is 10.0 Å². The summed E-state index contributed by atoms with van der Waals surface area (Å²) in [6.45, 7) is 5.85. The predicted octanol–water partition coefficient (Wildman–Crippen LogP) is 1.89. The van der Waals surface area contributed by atoms with Gasteiger partial charge in [-0.15, -0.1) is 0 Å². The molecule has 0 saturated heterocycles. The molecule has 0 aliphatic carbocycles. The van der Waals surface area contributed by atoms with Crippen molar-refractivity contribution in [3.05, 3.63) is 24.3 Å². The summed E-state index contributed by atoms with van der Waals surface area (Å²) in [6, 6.07) is 6.11. The lowest BCUT2D eigenvalue weighted by Gasteiger charge is -2.19. The van der Waals surface area contributed by atoms with E-state index in [4.69, 9.17) is 9.47 Å². The number of alkyl carbamates (subject to hydrolysis) is 1. The molecule has 130 valence electrons. The lowest BCUT2D eigenvalue weighted by atomic mass is 10.2. The third kappa shape index (κ3) is 7.34. The number of methoxy groups -OCH3 is 1. The summed E-state index contributed by atoms with van der Waals surface area (Å²) in [6.07, 6.45) is -0.0650. The zero-order valence-corrected chi connectivity index (χ0v) is 14.7. The van der Waals surface area contributed by atoms with Crippen LogP contribution < -0.4 is 14.8 Å². The molecule has 0 spiro atoms. The van der Waals surface area contributed by atoms with Gasteiger partial charge < -0.3 is 14.8 Å². The minimum atomic E-state index is -3.56. The van der Waals surface area contributed by atoms with Gasteiger partial charge in [0, 0.05) is 13.1 Å². The van der Waals surface area contributed by atoms with Gasteiger partial charge in [-0.3, -0.25) is 0 Å². The molecule has 0 bridgehead atoms. The second-order valence-electron chi connectivity index (χ2n) is 5.86. The highest BCUT2D eigenvalue weighted by Gasteiger charge is 2.16. The predicted molar refractivity (Wildman–Crippen MR) is 87.0 cm³/mol. The monoisotopic (exact) mass is 344 g/mol. The van der Waals surface area contributed by atoms with Crippen LogP contribution in [0.5, 0.6) is 5.75 Å². The van der Waals surface area contributed by atoms with Gasteiger partial charge >= 0.3 is 6.09 Å². The first-order valence-corrected chi connectivity index (χ1v) is 8.73. The number of carbonyl (C=O) groups is 1. The Kier molecular flexibility index (Phi) is 6.83. The van der Waals surface area contributed by atoms with Gasteiger partial charge in [-0.05, 0) is 51.5 Å². The Hall–Kier alpha value is -1.80. The van der Waals surface area contributed by atoms with Crippen molar-refractivity contribution in [1.29, 1.82) is 0 Å². The molecule has 0 unspecified atom stereocenters. The lowest BCUT2D eigenvalue weighted by Crippen LogP contribution is -2.34. The maximum atomic E-state index is 12.1. The van der Waals surface area contributed by atoms with Crippen molar-refractivity contribution in [2.24, 2.45) is 0 Å². The molecule has 23 heavy (non-hydrogen) atoms. The van der Waals surface area contributed by atoms with Gasteiger partial charge in [0.25, 0.3) is 0 Å². The summed E-state index contributed by atoms with van der Waals surface area (Å²) in [5.74, 6) is 0.588. The number of nitrogens with one attached hydrogen (secondary N) is 2. The van der Waals surface area contributed by atoms with E-state index in [1.165, 1.54) is 19.2 Å². The van der Waals surface area contributed by atoms with Crippen LogP contribution in [0, 0.1) is 0 Å². The first-order valence-electron chi connectivity index (χ1n) is 7.24. The van der Waals surface area contributed by atoms with Gasteiger partial charge in [0.2, 0.25) is 10.0 Å². The number of rotatable bonds is 7. The summed E-state index contributed by atoms with van der Waals surface area (Å²) < 4.78 is 36.6. The Morgan fingerprint density at radius 3 is 2.26 bits per heavy atom. The number of amides is 1. The van der Waals surface area contributed by atoms with Crippen molar-refractivity contribution in [2.45, 2.75) is 37.7 Å². The molecule has 0 heterocycles. The standard InChI is InChI=1S/C15H24N2O5S/c1-15(2,3)22-14(18)16-10-5-11-17-23(19,20)13-8-6-12(21-4)7-9-13/h6-9,17H,5,10-11H2,1-4H3,(H,16,18). The van der Waals surface area contributed by atoms with Crippen molar-refractivity contribution in [3.63, 3.8) is 0 Å². The van der Waals surface area contributed by atoms with E-state index >= 15 is 0 Å². The second kappa shape index (κ2) is 8.16. The van der Waals surface area contributed by atoms with E-state index in [1.807, 2.05) is 0 Å². The third-order valence-electron chi connectivity index (χ3n) is 2.68. The molecule has 0 radical (unpaired) electrons. The highest BCUT2D eigenvalue weighted by molar-refractivity contribution is 7.89. The van der Waals surface area contributed by atoms with E-state index in [0.717, 1.165) is 0 Å². The minimum absolute atomic E-state index is 0.165. The molecule has 0 aromatic heterocycles. The molecule has 0 aliphatic heterocycles. The molecule has 1 rings (SSSR count). The molecule has 0 saturated carbocycles. The Morgan fingerprint density at radius 1 is 1.13 bits per heavy atom. The van der Waals surface area contributed by atoms with Crippen LogP contribution in [0.15, 0.2) is 29.2 Å². The van der Waals surface area contributed by atoms with Gasteiger partial charge in [0.15, 0.2) is 0 Å². The van der Waals surface area contributed by atoms with Crippen LogP contribution in [0.3, 0.4) is 0 Å². The zero-order chi connectivity index (χ0) is 17.5. The Labute approximate surface area is 137 Å². The van der Waals surface area contributed by atoms with Gasteiger partial charge in [-0.1, -0.05) is 0 Å². The first kappa shape index (κ1) is 19.2. The average Bonchev–Trinajstić information content (AvgIpc) is 2.45. The van der Waals surface area contributed by atoms with Crippen LogP contribution >= 0.6 is 0 Å². The minimum Gasteiger partial charge on any atom is -0.497 e. The average molecular weight is 344 g/mol. The molecule has 2 N–H and O–H groups in total. The number of hydrogen-bond acceptors (Lipinski definition) is 5. The highest BCUT2D eigenvalue weighted by Crippen LogP contribution is 2.15. The van der Waals surface area contributed by atoms with E-state index in [1.54, 1.807) is 32.9 Å². The molecule has 7 nitrogen and oxygen atoms in total. The fraction of sp³-hybridized carbons (Fsp3) is 0.533. The summed E-state index contributed by atoms with van der Waals surface area (Å²) in [5, 5.41) is 2.57. The van der Waals surface area contributed by atoms with Crippen LogP contribution in [-0.4, -0.2) is 40.3 Å². The van der Waals surface area contributed by atoms with Crippen molar-refractivity contribution in [3.8, 4) is 5.75 Å². The van der Waals surface area contributed by atoms with Gasteiger partial charge in [-0.2, -0.15) is 0 Å². The quantitative estimate of drug-likeness (QED) is 0.737. The fourth-order valence-electron chi connectivity index (χ4n) is 1.64. The Morgan fingerprint density at radius 2 is 1.74 bits per heavy atom. The molecular formula is C15H24N2O5S. The third-order valence-corrected chi connectivity index (χ3v) is 4.16. The number of carbonyl (C=O) groups excluding carboxylic acids is 1. The van der Waals surface area contributed by atoms with E-state index in [9.17, 15) is 13.2 Å². The summed E-state index contributed by atoms with van der Waals surface area (Å²) >= 11 is 0. The number of ether oxygens (including phenoxy) is 2. The maximum absolute atomic E-state index is 12.1. The van der Waals surface area contributed by atoms with Crippen molar-refractivity contribution < 1.29 is 22.7 Å². The SMILES string of the molecule is COc1ccc(S(=O)(=O)NCCCNC(=O)OC(C)(C)C)cc1. The van der Waals surface area contributed by atoms with Crippen LogP contribution in [0.4, 0.5) is 4.79 Å². The van der Waals surface area contributed by atoms with Crippen molar-refractivity contribution >= 4 is 16.1 Å². The molecule has 1 aromatic carbocycles. The maximum Gasteiger partial charge on any atom is 0.407 e. The number of sulfonamides is 1. The smallest absolute Gasteiger partial charge is 0.407 e. The number of benzene rings is 1. The molecule has 8 heteroatoms. The fourth-order valence-corrected chi connectivity index (χ4v) is 2.71. The first-order chi connectivity index (χ1) is 10.6. The van der Waals surface area contributed by atoms with Crippen LogP contribution in [0.2, 0.25) is 0 Å². The molecule has 0 atom stereocenters. The van der Waals surface area contributed by atoms with Crippen molar-refractivity contribution in [2.75, 3.05) is 20.2 Å². The summed E-state index contributed by atoms with van der Waals surface area (Å²) in [5.41, 5.74) is -0.556. The summed E-state index contributed by atoms with van der Waals surface area (Å²) in [4.78, 5) is 11.6. The lowest BCUT2D eigenvalue weighted by molar-refractivity contribution is 0.0527. The molecular weight excluding hydrogens is 320 g/mol. The van der Waals surface area contributed by atoms with Gasteiger partial charge in [-0.25, -0.2) is 17.9 Å². The van der Waals surface area contributed by atoms with Crippen LogP contribution in [-0.2, 0) is 14.8 Å². The van der Waals surface area contributed by atoms with E-state index in [-0.39, 0.29) is 11.4 Å². The highest BCUT2D eigenvalue weighted by atomic mass is 32.2. The normalized spacial score (nSPS) is 11.8. The largest absolute Gasteiger partial charge is 0.497 e. The van der Waals surface area contributed by atoms with Gasteiger partial charge in [0.1, 0.15) is 11.4 Å². The topological polar surface area (TPSA) is 93.7 Å². The number of hydrogen-bond donors (Lipinski definition) is 2. The van der Waals surface area contributed by atoms with Crippen LogP contribution in [0.1, 0.15) is 27.2 Å². The van der Waals surface area contributed by atoms with E-state index in [0.29, 0.717) is 18.7 Å². The molecule has 1 amide bonds.